The Balaban J connectivity index is 0.000000164. The molecule has 3 aromatic rings. The number of rotatable bonds is 9. The number of ether oxygens (including phenoxy) is 1. The highest BCUT2D eigenvalue weighted by atomic mass is 19.1. The molecule has 8 fully saturated rings. The van der Waals surface area contributed by atoms with E-state index in [1.165, 1.54) is 48.5 Å². The van der Waals surface area contributed by atoms with E-state index in [-0.39, 0.29) is 70.6 Å². The van der Waals surface area contributed by atoms with Gasteiger partial charge in [-0.1, -0.05) is 30.3 Å². The highest BCUT2D eigenvalue weighted by molar-refractivity contribution is 5.95. The van der Waals surface area contributed by atoms with E-state index < -0.39 is 0 Å². The summed E-state index contributed by atoms with van der Waals surface area (Å²) in [5.74, 6) is -0.916. The first-order chi connectivity index (χ1) is 22.9. The van der Waals surface area contributed by atoms with Crippen LogP contribution in [0.5, 0.6) is 0 Å². The molecule has 8 nitrogen and oxygen atoms in total. The molecule has 0 aliphatic heterocycles. The molecule has 4 bridgehead atoms. The molecule has 8 saturated carbocycles. The molecule has 8 aliphatic carbocycles. The molecule has 48 heavy (non-hydrogen) atoms. The SMILES string of the molecule is NC12CC(C3(NC(=O)c4ccc(F)cc4)CC3)(C1)C2.O=C(NC12CC(C3(NC(=O)c4ccc(F)cc4)CC3)(C1)C2)OCc1ccccc1.[HH]. The van der Waals surface area contributed by atoms with Crippen molar-refractivity contribution < 1.29 is 29.3 Å². The van der Waals surface area contributed by atoms with Crippen LogP contribution in [0.15, 0.2) is 78.9 Å². The lowest BCUT2D eigenvalue weighted by Gasteiger charge is -2.73. The minimum absolute atomic E-state index is 0. The summed E-state index contributed by atoms with van der Waals surface area (Å²) in [6.07, 6.45) is 9.35. The van der Waals surface area contributed by atoms with Gasteiger partial charge in [-0.25, -0.2) is 13.6 Å². The molecule has 0 heterocycles. The molecule has 0 radical (unpaired) electrons. The first-order valence-electron chi connectivity index (χ1n) is 16.8. The lowest BCUT2D eigenvalue weighted by molar-refractivity contribution is -0.177. The topological polar surface area (TPSA) is 123 Å². The van der Waals surface area contributed by atoms with Gasteiger partial charge in [0.05, 0.1) is 0 Å². The van der Waals surface area contributed by atoms with Crippen LogP contribution in [0.4, 0.5) is 13.6 Å². The summed E-state index contributed by atoms with van der Waals surface area (Å²) in [4.78, 5) is 37.0. The van der Waals surface area contributed by atoms with E-state index in [2.05, 4.69) is 16.0 Å². The van der Waals surface area contributed by atoms with Crippen LogP contribution in [0.2, 0.25) is 0 Å². The van der Waals surface area contributed by atoms with Gasteiger partial charge in [-0.05, 0) is 124 Å². The summed E-state index contributed by atoms with van der Waals surface area (Å²) >= 11 is 0. The first-order valence-corrected chi connectivity index (χ1v) is 16.8. The third kappa shape index (κ3) is 5.16. The zero-order valence-corrected chi connectivity index (χ0v) is 26.8. The van der Waals surface area contributed by atoms with Crippen molar-refractivity contribution in [2.24, 2.45) is 16.6 Å². The average molecular weight is 657 g/mol. The van der Waals surface area contributed by atoms with E-state index in [1.807, 2.05) is 30.3 Å². The van der Waals surface area contributed by atoms with Crippen molar-refractivity contribution in [1.29, 1.82) is 0 Å². The fourth-order valence-corrected chi connectivity index (χ4v) is 9.39. The van der Waals surface area contributed by atoms with E-state index in [0.717, 1.165) is 69.8 Å². The van der Waals surface area contributed by atoms with Gasteiger partial charge in [0.25, 0.3) is 11.8 Å². The van der Waals surface area contributed by atoms with Crippen LogP contribution >= 0.6 is 0 Å². The molecule has 3 aromatic carbocycles. The van der Waals surface area contributed by atoms with Crippen molar-refractivity contribution in [3.8, 4) is 0 Å². The highest BCUT2D eigenvalue weighted by Crippen LogP contribution is 2.77. The van der Waals surface area contributed by atoms with Crippen LogP contribution in [0.25, 0.3) is 0 Å². The Hall–Kier alpha value is -4.31. The summed E-state index contributed by atoms with van der Waals surface area (Å²) in [5.41, 5.74) is 8.05. The zero-order chi connectivity index (χ0) is 33.4. The Morgan fingerprint density at radius 3 is 1.50 bits per heavy atom. The van der Waals surface area contributed by atoms with Crippen molar-refractivity contribution >= 4 is 17.9 Å². The van der Waals surface area contributed by atoms with E-state index in [1.54, 1.807) is 0 Å². The van der Waals surface area contributed by atoms with Crippen LogP contribution in [0.3, 0.4) is 0 Å². The summed E-state index contributed by atoms with van der Waals surface area (Å²) in [5, 5.41) is 9.41. The number of nitrogens with two attached hydrogens (primary N) is 1. The number of alkyl carbamates (subject to hydrolysis) is 1. The number of amides is 3. The Labute approximate surface area is 279 Å². The number of carbonyl (C=O) groups excluding carboxylic acids is 3. The van der Waals surface area contributed by atoms with Crippen molar-refractivity contribution in [1.82, 2.24) is 16.0 Å². The number of hydrogen-bond acceptors (Lipinski definition) is 5. The predicted octanol–water partition coefficient (Wildman–Crippen LogP) is 6.15. The van der Waals surface area contributed by atoms with Gasteiger partial charge in [0.15, 0.2) is 0 Å². The number of benzene rings is 3. The predicted molar refractivity (Wildman–Crippen MR) is 176 cm³/mol. The second kappa shape index (κ2) is 10.6. The van der Waals surface area contributed by atoms with Crippen LogP contribution in [-0.4, -0.2) is 40.1 Å². The fourth-order valence-electron chi connectivity index (χ4n) is 9.39. The van der Waals surface area contributed by atoms with Crippen molar-refractivity contribution in [3.05, 3.63) is 107 Å². The molecule has 5 N–H and O–H groups in total. The minimum atomic E-state index is -0.387. The van der Waals surface area contributed by atoms with Crippen LogP contribution in [-0.2, 0) is 11.3 Å². The summed E-state index contributed by atoms with van der Waals surface area (Å²) in [7, 11) is 0. The quantitative estimate of drug-likeness (QED) is 0.220. The summed E-state index contributed by atoms with van der Waals surface area (Å²) in [6.45, 7) is 0.256. The van der Waals surface area contributed by atoms with Gasteiger partial charge in [0, 0.05) is 40.1 Å². The molecule has 0 saturated heterocycles. The van der Waals surface area contributed by atoms with Crippen LogP contribution in [0.1, 0.15) is 91.9 Å². The molecule has 11 rings (SSSR count). The number of halogens is 2. The van der Waals surface area contributed by atoms with Crippen LogP contribution in [0, 0.1) is 22.5 Å². The van der Waals surface area contributed by atoms with Gasteiger partial charge in [-0.2, -0.15) is 0 Å². The highest BCUT2D eigenvalue weighted by Gasteiger charge is 2.79. The Bertz CT molecular complexity index is 1740. The molecule has 0 unspecified atom stereocenters. The lowest BCUT2D eigenvalue weighted by atomic mass is 9.36. The maximum absolute atomic E-state index is 13.1. The van der Waals surface area contributed by atoms with Crippen molar-refractivity contribution in [2.75, 3.05) is 0 Å². The third-order valence-electron chi connectivity index (χ3n) is 12.1. The van der Waals surface area contributed by atoms with E-state index in [9.17, 15) is 23.2 Å². The van der Waals surface area contributed by atoms with Gasteiger partial charge in [0.2, 0.25) is 0 Å². The largest absolute Gasteiger partial charge is 0.445 e. The van der Waals surface area contributed by atoms with Crippen molar-refractivity contribution in [3.63, 3.8) is 0 Å². The standard InChI is InChI=1S/C23H23FN2O3.C15H17FN2O.H2/c24-18-8-6-17(7-9-18)19(27)25-23(10-11-23)21-13-22(14-21,15-21)26-20(28)29-12-16-4-2-1-3-5-16;16-11-3-1-10(2-4-11)12(19)18-15(5-6-15)13-7-14(17,8-13)9-13;/h1-9H,10-15H2,(H,25,27)(H,26,28);1-4H,5-9,17H2,(H,18,19);1H. The third-order valence-corrected chi connectivity index (χ3v) is 12.1. The number of hydrogen-bond donors (Lipinski definition) is 4. The van der Waals surface area contributed by atoms with Gasteiger partial charge >= 0.3 is 6.09 Å². The minimum Gasteiger partial charge on any atom is -0.445 e. The molecule has 8 aliphatic rings. The van der Waals surface area contributed by atoms with E-state index in [4.69, 9.17) is 10.5 Å². The van der Waals surface area contributed by atoms with Gasteiger partial charge < -0.3 is 26.4 Å². The molecule has 252 valence electrons. The molecular formula is C38H42F2N4O4. The maximum Gasteiger partial charge on any atom is 0.407 e. The Morgan fingerprint density at radius 1 is 0.646 bits per heavy atom. The average Bonchev–Trinajstić information content (AvgIpc) is 3.95. The lowest BCUT2D eigenvalue weighted by Crippen LogP contribution is -2.80. The smallest absolute Gasteiger partial charge is 0.407 e. The Kier molecular flexibility index (Phi) is 6.84. The monoisotopic (exact) mass is 656 g/mol. The second-order valence-corrected chi connectivity index (χ2v) is 15.5. The second-order valence-electron chi connectivity index (χ2n) is 15.5. The van der Waals surface area contributed by atoms with Gasteiger partial charge in [-0.15, -0.1) is 0 Å². The maximum atomic E-state index is 13.1. The number of nitrogens with one attached hydrogen (secondary N) is 3. The molecule has 0 aromatic heterocycles. The zero-order valence-electron chi connectivity index (χ0n) is 26.8. The van der Waals surface area contributed by atoms with E-state index in [0.29, 0.717) is 11.1 Å². The molecule has 10 heteroatoms. The number of carbonyl (C=O) groups is 3. The fraction of sp³-hybridized carbons (Fsp3) is 0.447. The summed E-state index contributed by atoms with van der Waals surface area (Å²) in [6, 6.07) is 20.9. The Morgan fingerprint density at radius 2 is 1.08 bits per heavy atom. The molecule has 0 atom stereocenters. The molecule has 3 amide bonds. The van der Waals surface area contributed by atoms with Gasteiger partial charge in [-0.3, -0.25) is 9.59 Å². The normalized spacial score (nSPS) is 31.4. The van der Waals surface area contributed by atoms with Crippen LogP contribution < -0.4 is 21.7 Å². The summed E-state index contributed by atoms with van der Waals surface area (Å²) < 4.78 is 31.3. The molecular weight excluding hydrogens is 614 g/mol. The first kappa shape index (κ1) is 31.0. The van der Waals surface area contributed by atoms with Gasteiger partial charge in [0.1, 0.15) is 18.2 Å². The molecule has 0 spiro atoms. The van der Waals surface area contributed by atoms with Crippen molar-refractivity contribution in [2.45, 2.75) is 93.0 Å². The van der Waals surface area contributed by atoms with E-state index >= 15 is 0 Å².